The molecule has 1 N–H and O–H groups in total. The summed E-state index contributed by atoms with van der Waals surface area (Å²) in [6.07, 6.45) is 4.25. The van der Waals surface area contributed by atoms with Crippen LogP contribution in [0.3, 0.4) is 0 Å². The minimum Gasteiger partial charge on any atom is -0.493 e. The quantitative estimate of drug-likeness (QED) is 0.859. The van der Waals surface area contributed by atoms with Gasteiger partial charge in [-0.15, -0.1) is 0 Å². The van der Waals surface area contributed by atoms with Gasteiger partial charge in [0.15, 0.2) is 5.75 Å². The molecule has 2 unspecified atom stereocenters. The summed E-state index contributed by atoms with van der Waals surface area (Å²) in [6, 6.07) is 0.363. The Labute approximate surface area is 113 Å². The van der Waals surface area contributed by atoms with Gasteiger partial charge in [-0.1, -0.05) is 6.92 Å². The minimum atomic E-state index is 0.363. The highest BCUT2D eigenvalue weighted by molar-refractivity contribution is 7.99. The lowest BCUT2D eigenvalue weighted by Crippen LogP contribution is -2.31. The molecule has 5 heteroatoms. The number of thioether (sulfide) groups is 1. The maximum Gasteiger partial charge on any atom is 0.161 e. The summed E-state index contributed by atoms with van der Waals surface area (Å²) in [5.74, 6) is 4.10. The first-order valence-electron chi connectivity index (χ1n) is 6.65. The van der Waals surface area contributed by atoms with E-state index in [0.29, 0.717) is 12.0 Å². The standard InChI is InChI=1S/C13H23N3OS/c1-4-6-14-12(10-5-7-18-9-10)13-11(17-3)8-15-16(13)2/h8,10,12,14H,4-7,9H2,1-3H3. The number of hydrogen-bond donors (Lipinski definition) is 1. The number of nitrogens with zero attached hydrogens (tertiary/aromatic N) is 2. The third-order valence-corrected chi connectivity index (χ3v) is 4.70. The van der Waals surface area contributed by atoms with Crippen LogP contribution in [0.15, 0.2) is 6.20 Å². The lowest BCUT2D eigenvalue weighted by atomic mass is 9.95. The number of aromatic nitrogens is 2. The molecule has 1 aliphatic heterocycles. The Morgan fingerprint density at radius 3 is 3.11 bits per heavy atom. The molecule has 0 spiro atoms. The summed E-state index contributed by atoms with van der Waals surface area (Å²) < 4.78 is 7.41. The van der Waals surface area contributed by atoms with E-state index < -0.39 is 0 Å². The Morgan fingerprint density at radius 1 is 1.67 bits per heavy atom. The normalized spacial score (nSPS) is 21.2. The van der Waals surface area contributed by atoms with Crippen LogP contribution >= 0.6 is 11.8 Å². The molecule has 2 rings (SSSR count). The number of rotatable bonds is 6. The average Bonchev–Trinajstić information content (AvgIpc) is 3.01. The SMILES string of the molecule is CCCNC(c1c(OC)cnn1C)C1CCSC1. The van der Waals surface area contributed by atoms with Crippen molar-refractivity contribution in [1.29, 1.82) is 0 Å². The maximum atomic E-state index is 5.46. The first-order chi connectivity index (χ1) is 8.77. The van der Waals surface area contributed by atoms with Crippen molar-refractivity contribution in [2.45, 2.75) is 25.8 Å². The van der Waals surface area contributed by atoms with E-state index in [1.807, 2.05) is 17.9 Å². The molecule has 0 radical (unpaired) electrons. The van der Waals surface area contributed by atoms with Crippen molar-refractivity contribution in [2.75, 3.05) is 25.2 Å². The molecule has 0 saturated carbocycles. The minimum absolute atomic E-state index is 0.363. The second kappa shape index (κ2) is 6.48. The zero-order chi connectivity index (χ0) is 13.0. The number of nitrogens with one attached hydrogen (secondary N) is 1. The Hall–Kier alpha value is -0.680. The Balaban J connectivity index is 2.23. The lowest BCUT2D eigenvalue weighted by molar-refractivity contribution is 0.347. The summed E-state index contributed by atoms with van der Waals surface area (Å²) in [7, 11) is 3.72. The molecule has 4 nitrogen and oxygen atoms in total. The van der Waals surface area contributed by atoms with Crippen LogP contribution in [0.4, 0.5) is 0 Å². The third-order valence-electron chi connectivity index (χ3n) is 3.51. The van der Waals surface area contributed by atoms with Crippen LogP contribution in [-0.4, -0.2) is 34.9 Å². The van der Waals surface area contributed by atoms with E-state index in [1.165, 1.54) is 23.6 Å². The van der Waals surface area contributed by atoms with Gasteiger partial charge in [0.1, 0.15) is 0 Å². The zero-order valence-corrected chi connectivity index (χ0v) is 12.3. The second-order valence-corrected chi connectivity index (χ2v) is 5.93. The predicted molar refractivity (Wildman–Crippen MR) is 76.2 cm³/mol. The monoisotopic (exact) mass is 269 g/mol. The van der Waals surface area contributed by atoms with E-state index in [2.05, 4.69) is 29.1 Å². The maximum absolute atomic E-state index is 5.46. The van der Waals surface area contributed by atoms with Crippen LogP contribution in [0.5, 0.6) is 5.75 Å². The van der Waals surface area contributed by atoms with Crippen LogP contribution in [0.25, 0.3) is 0 Å². The predicted octanol–water partition coefficient (Wildman–Crippen LogP) is 2.22. The molecule has 0 aromatic carbocycles. The van der Waals surface area contributed by atoms with Crippen LogP contribution < -0.4 is 10.1 Å². The van der Waals surface area contributed by atoms with Gasteiger partial charge >= 0.3 is 0 Å². The van der Waals surface area contributed by atoms with E-state index in [0.717, 1.165) is 18.7 Å². The van der Waals surface area contributed by atoms with Gasteiger partial charge in [-0.3, -0.25) is 4.68 Å². The van der Waals surface area contributed by atoms with Gasteiger partial charge in [0.2, 0.25) is 0 Å². The molecular formula is C13H23N3OS. The lowest BCUT2D eigenvalue weighted by Gasteiger charge is -2.25. The third kappa shape index (κ3) is 2.83. The van der Waals surface area contributed by atoms with Crippen molar-refractivity contribution < 1.29 is 4.74 Å². The summed E-state index contributed by atoms with van der Waals surface area (Å²) in [5.41, 5.74) is 1.19. The summed E-state index contributed by atoms with van der Waals surface area (Å²) in [5, 5.41) is 8.01. The molecular weight excluding hydrogens is 246 g/mol. The molecule has 0 bridgehead atoms. The topological polar surface area (TPSA) is 39.1 Å². The van der Waals surface area contributed by atoms with Crippen molar-refractivity contribution in [2.24, 2.45) is 13.0 Å². The van der Waals surface area contributed by atoms with Crippen LogP contribution in [0.2, 0.25) is 0 Å². The Bertz CT molecular complexity index is 374. The smallest absolute Gasteiger partial charge is 0.161 e. The molecule has 0 amide bonds. The molecule has 1 saturated heterocycles. The van der Waals surface area contributed by atoms with E-state index >= 15 is 0 Å². The number of aryl methyl sites for hydroxylation is 1. The van der Waals surface area contributed by atoms with Crippen molar-refractivity contribution in [1.82, 2.24) is 15.1 Å². The van der Waals surface area contributed by atoms with Gasteiger partial charge in [0.25, 0.3) is 0 Å². The second-order valence-electron chi connectivity index (χ2n) is 4.78. The number of hydrogen-bond acceptors (Lipinski definition) is 4. The van der Waals surface area contributed by atoms with Gasteiger partial charge in [0.05, 0.1) is 25.0 Å². The molecule has 1 aromatic heterocycles. The highest BCUT2D eigenvalue weighted by Crippen LogP contribution is 2.37. The van der Waals surface area contributed by atoms with Gasteiger partial charge in [0, 0.05) is 7.05 Å². The fraction of sp³-hybridized carbons (Fsp3) is 0.769. The van der Waals surface area contributed by atoms with Crippen LogP contribution in [0, 0.1) is 5.92 Å². The number of ether oxygens (including phenoxy) is 1. The number of methoxy groups -OCH3 is 1. The van der Waals surface area contributed by atoms with E-state index in [-0.39, 0.29) is 0 Å². The highest BCUT2D eigenvalue weighted by Gasteiger charge is 2.30. The van der Waals surface area contributed by atoms with E-state index in [9.17, 15) is 0 Å². The van der Waals surface area contributed by atoms with Crippen molar-refractivity contribution >= 4 is 11.8 Å². The molecule has 102 valence electrons. The van der Waals surface area contributed by atoms with Crippen molar-refractivity contribution in [3.05, 3.63) is 11.9 Å². The van der Waals surface area contributed by atoms with E-state index in [1.54, 1.807) is 7.11 Å². The fourth-order valence-electron chi connectivity index (χ4n) is 2.54. The van der Waals surface area contributed by atoms with Gasteiger partial charge < -0.3 is 10.1 Å². The summed E-state index contributed by atoms with van der Waals surface area (Å²) >= 11 is 2.05. The van der Waals surface area contributed by atoms with Crippen molar-refractivity contribution in [3.8, 4) is 5.75 Å². The molecule has 1 fully saturated rings. The van der Waals surface area contributed by atoms with E-state index in [4.69, 9.17) is 4.74 Å². The Kier molecular flexibility index (Phi) is 4.95. The van der Waals surface area contributed by atoms with Crippen LogP contribution in [0.1, 0.15) is 31.5 Å². The van der Waals surface area contributed by atoms with Gasteiger partial charge in [-0.25, -0.2) is 0 Å². The summed E-state index contributed by atoms with van der Waals surface area (Å²) in [4.78, 5) is 0. The Morgan fingerprint density at radius 2 is 2.50 bits per heavy atom. The van der Waals surface area contributed by atoms with Crippen LogP contribution in [-0.2, 0) is 7.05 Å². The van der Waals surface area contributed by atoms with Gasteiger partial charge in [-0.05, 0) is 36.8 Å². The highest BCUT2D eigenvalue weighted by atomic mass is 32.2. The molecule has 1 aliphatic rings. The first kappa shape index (κ1) is 13.7. The largest absolute Gasteiger partial charge is 0.493 e. The first-order valence-corrected chi connectivity index (χ1v) is 7.80. The molecule has 18 heavy (non-hydrogen) atoms. The summed E-state index contributed by atoms with van der Waals surface area (Å²) in [6.45, 7) is 3.24. The average molecular weight is 269 g/mol. The molecule has 2 atom stereocenters. The van der Waals surface area contributed by atoms with Gasteiger partial charge in [-0.2, -0.15) is 16.9 Å². The zero-order valence-electron chi connectivity index (χ0n) is 11.5. The fourth-order valence-corrected chi connectivity index (χ4v) is 3.84. The molecule has 2 heterocycles. The molecule has 1 aromatic rings. The van der Waals surface area contributed by atoms with Crippen molar-refractivity contribution in [3.63, 3.8) is 0 Å². The molecule has 0 aliphatic carbocycles.